The number of hydrogen-bond acceptors (Lipinski definition) is 4. The normalized spacial score (nSPS) is 10.9. The first-order valence-electron chi connectivity index (χ1n) is 10.2. The molecule has 1 N–H and O–H groups in total. The van der Waals surface area contributed by atoms with Crippen LogP contribution in [0.25, 0.3) is 0 Å². The topological polar surface area (TPSA) is 94.2 Å². The number of amides is 1. The van der Waals surface area contributed by atoms with Crippen molar-refractivity contribution in [2.75, 3.05) is 5.32 Å². The summed E-state index contributed by atoms with van der Waals surface area (Å²) in [6.07, 6.45) is 3.44. The number of nitro groups is 1. The molecule has 0 fully saturated rings. The standard InChI is InChI=1S/C22H28BrN3O4/c1-6-9-10-17-18(21(27)19(23)13(4)25(17)5)22(28)24-20-14(7-2)11-16(26(29)30)12-15(20)8-3/h11-12H,6-10H2,1-5H3,(H,24,28). The highest BCUT2D eigenvalue weighted by Gasteiger charge is 2.24. The lowest BCUT2D eigenvalue weighted by Gasteiger charge is -2.19. The van der Waals surface area contributed by atoms with Crippen LogP contribution in [0.15, 0.2) is 21.4 Å². The van der Waals surface area contributed by atoms with E-state index in [1.807, 2.05) is 32.4 Å². The zero-order valence-corrected chi connectivity index (χ0v) is 19.7. The Hall–Kier alpha value is -2.48. The smallest absolute Gasteiger partial charge is 0.270 e. The highest BCUT2D eigenvalue weighted by atomic mass is 79.9. The number of rotatable bonds is 8. The second kappa shape index (κ2) is 10.0. The Bertz CT molecular complexity index is 1020. The molecule has 1 aromatic carbocycles. The van der Waals surface area contributed by atoms with Gasteiger partial charge in [-0.25, -0.2) is 0 Å². The highest BCUT2D eigenvalue weighted by molar-refractivity contribution is 9.10. The number of carbonyl (C=O) groups is 1. The van der Waals surface area contributed by atoms with Crippen molar-refractivity contribution in [2.45, 2.75) is 59.8 Å². The van der Waals surface area contributed by atoms with E-state index >= 15 is 0 Å². The summed E-state index contributed by atoms with van der Waals surface area (Å²) in [4.78, 5) is 37.1. The largest absolute Gasteiger partial charge is 0.350 e. The quantitative estimate of drug-likeness (QED) is 0.423. The minimum atomic E-state index is -0.486. The van der Waals surface area contributed by atoms with Gasteiger partial charge in [-0.2, -0.15) is 0 Å². The number of nitro benzene ring substituents is 1. The molecule has 30 heavy (non-hydrogen) atoms. The number of hydrogen-bond donors (Lipinski definition) is 1. The van der Waals surface area contributed by atoms with Crippen molar-refractivity contribution in [1.29, 1.82) is 0 Å². The first-order chi connectivity index (χ1) is 14.2. The van der Waals surface area contributed by atoms with Crippen LogP contribution in [0.5, 0.6) is 0 Å². The number of aryl methyl sites for hydroxylation is 2. The molecule has 7 nitrogen and oxygen atoms in total. The first-order valence-corrected chi connectivity index (χ1v) is 11.0. The van der Waals surface area contributed by atoms with E-state index < -0.39 is 10.8 Å². The SMILES string of the molecule is CCCCc1c(C(=O)Nc2c(CC)cc([N+](=O)[O-])cc2CC)c(=O)c(Br)c(C)n1C. The maximum absolute atomic E-state index is 13.3. The highest BCUT2D eigenvalue weighted by Crippen LogP contribution is 2.29. The van der Waals surface area contributed by atoms with Gasteiger partial charge in [-0.15, -0.1) is 0 Å². The van der Waals surface area contributed by atoms with E-state index in [2.05, 4.69) is 28.2 Å². The lowest BCUT2D eigenvalue weighted by molar-refractivity contribution is -0.385. The summed E-state index contributed by atoms with van der Waals surface area (Å²) in [5.41, 5.74) is 3.13. The van der Waals surface area contributed by atoms with Gasteiger partial charge >= 0.3 is 0 Å². The number of halogens is 1. The zero-order chi connectivity index (χ0) is 22.6. The molecule has 0 saturated heterocycles. The number of anilines is 1. The van der Waals surface area contributed by atoms with Crippen molar-refractivity contribution in [2.24, 2.45) is 7.05 Å². The molecule has 0 spiro atoms. The third kappa shape index (κ3) is 4.64. The van der Waals surface area contributed by atoms with E-state index in [9.17, 15) is 19.7 Å². The van der Waals surface area contributed by atoms with Crippen LogP contribution in [0.4, 0.5) is 11.4 Å². The second-order valence-electron chi connectivity index (χ2n) is 7.27. The van der Waals surface area contributed by atoms with Gasteiger partial charge in [0.05, 0.1) is 9.40 Å². The molecular formula is C22H28BrN3O4. The lowest BCUT2D eigenvalue weighted by atomic mass is 10.0. The average Bonchev–Trinajstić information content (AvgIpc) is 2.73. The van der Waals surface area contributed by atoms with Crippen molar-refractivity contribution in [3.8, 4) is 0 Å². The molecule has 0 aliphatic heterocycles. The molecule has 1 aromatic heterocycles. The molecule has 0 aliphatic rings. The van der Waals surface area contributed by atoms with E-state index in [1.54, 1.807) is 0 Å². The fraction of sp³-hybridized carbons (Fsp3) is 0.455. The van der Waals surface area contributed by atoms with Crippen LogP contribution in [0.2, 0.25) is 0 Å². The van der Waals surface area contributed by atoms with Gasteiger partial charge in [0.25, 0.3) is 11.6 Å². The number of non-ortho nitro benzene ring substituents is 1. The van der Waals surface area contributed by atoms with Crippen LogP contribution in [-0.4, -0.2) is 15.4 Å². The fourth-order valence-corrected chi connectivity index (χ4v) is 4.01. The first kappa shape index (κ1) is 23.8. The molecule has 1 amide bonds. The number of carbonyl (C=O) groups excluding carboxylic acids is 1. The summed E-state index contributed by atoms with van der Waals surface area (Å²) >= 11 is 3.33. The Labute approximate surface area is 184 Å². The van der Waals surface area contributed by atoms with Crippen molar-refractivity contribution >= 4 is 33.2 Å². The second-order valence-corrected chi connectivity index (χ2v) is 8.06. The third-order valence-corrected chi connectivity index (χ3v) is 6.37. The van der Waals surface area contributed by atoms with E-state index in [0.717, 1.165) is 18.5 Å². The number of aromatic nitrogens is 1. The molecule has 0 radical (unpaired) electrons. The monoisotopic (exact) mass is 477 g/mol. The van der Waals surface area contributed by atoms with Gasteiger partial charge in [-0.05, 0) is 59.7 Å². The van der Waals surface area contributed by atoms with Crippen molar-refractivity contribution in [1.82, 2.24) is 4.57 Å². The molecule has 0 aliphatic carbocycles. The summed E-state index contributed by atoms with van der Waals surface area (Å²) in [5, 5.41) is 14.2. The lowest BCUT2D eigenvalue weighted by Crippen LogP contribution is -2.29. The summed E-state index contributed by atoms with van der Waals surface area (Å²) in [6, 6.07) is 2.96. The maximum atomic E-state index is 13.3. The van der Waals surface area contributed by atoms with Crippen LogP contribution < -0.4 is 10.7 Å². The van der Waals surface area contributed by atoms with Gasteiger partial charge in [0.1, 0.15) is 5.56 Å². The van der Waals surface area contributed by atoms with Gasteiger partial charge in [-0.1, -0.05) is 27.2 Å². The van der Waals surface area contributed by atoms with Crippen LogP contribution >= 0.6 is 15.9 Å². The van der Waals surface area contributed by atoms with Crippen molar-refractivity contribution < 1.29 is 9.72 Å². The molecule has 0 unspecified atom stereocenters. The average molecular weight is 478 g/mol. The predicted molar refractivity (Wildman–Crippen MR) is 123 cm³/mol. The van der Waals surface area contributed by atoms with Crippen LogP contribution in [0, 0.1) is 17.0 Å². The molecule has 1 heterocycles. The third-order valence-electron chi connectivity index (χ3n) is 5.43. The zero-order valence-electron chi connectivity index (χ0n) is 18.1. The fourth-order valence-electron chi connectivity index (χ4n) is 3.54. The molecule has 2 rings (SSSR count). The molecule has 2 aromatic rings. The summed E-state index contributed by atoms with van der Waals surface area (Å²) in [7, 11) is 1.85. The van der Waals surface area contributed by atoms with Crippen LogP contribution in [-0.2, 0) is 26.3 Å². The van der Waals surface area contributed by atoms with E-state index in [4.69, 9.17) is 0 Å². The van der Waals surface area contributed by atoms with Crippen LogP contribution in [0.3, 0.4) is 0 Å². The van der Waals surface area contributed by atoms with Crippen LogP contribution in [0.1, 0.15) is 66.5 Å². The predicted octanol–water partition coefficient (Wildman–Crippen LogP) is 5.08. The number of unbranched alkanes of at least 4 members (excludes halogenated alkanes) is 1. The minimum absolute atomic E-state index is 0.000622. The maximum Gasteiger partial charge on any atom is 0.270 e. The van der Waals surface area contributed by atoms with Gasteiger partial charge in [0.2, 0.25) is 5.43 Å². The van der Waals surface area contributed by atoms with Gasteiger partial charge in [0, 0.05) is 36.3 Å². The molecule has 0 atom stereocenters. The van der Waals surface area contributed by atoms with E-state index in [1.165, 1.54) is 12.1 Å². The van der Waals surface area contributed by atoms with Gasteiger partial charge < -0.3 is 9.88 Å². The van der Waals surface area contributed by atoms with E-state index in [-0.39, 0.29) is 16.7 Å². The van der Waals surface area contributed by atoms with E-state index in [0.29, 0.717) is 46.2 Å². The number of nitrogens with zero attached hydrogens (tertiary/aromatic N) is 2. The Morgan fingerprint density at radius 2 is 1.77 bits per heavy atom. The Morgan fingerprint density at radius 1 is 1.20 bits per heavy atom. The Balaban J connectivity index is 2.63. The molecule has 162 valence electrons. The molecule has 8 heteroatoms. The van der Waals surface area contributed by atoms with Gasteiger partial charge in [0.15, 0.2) is 0 Å². The Kier molecular flexibility index (Phi) is 7.95. The number of nitrogens with one attached hydrogen (secondary N) is 1. The molecule has 0 bridgehead atoms. The number of pyridine rings is 1. The molecular weight excluding hydrogens is 450 g/mol. The summed E-state index contributed by atoms with van der Waals surface area (Å²) < 4.78 is 2.25. The van der Waals surface area contributed by atoms with Crippen molar-refractivity contribution in [3.63, 3.8) is 0 Å². The van der Waals surface area contributed by atoms with Gasteiger partial charge in [-0.3, -0.25) is 19.7 Å². The number of benzene rings is 1. The van der Waals surface area contributed by atoms with Crippen molar-refractivity contribution in [3.05, 3.63) is 65.0 Å². The minimum Gasteiger partial charge on any atom is -0.350 e. The molecule has 0 saturated carbocycles. The Morgan fingerprint density at radius 3 is 2.23 bits per heavy atom. The summed E-state index contributed by atoms with van der Waals surface area (Å²) in [6.45, 7) is 7.65. The summed E-state index contributed by atoms with van der Waals surface area (Å²) in [5.74, 6) is -0.486.